The van der Waals surface area contributed by atoms with Crippen molar-refractivity contribution in [3.05, 3.63) is 73.7 Å². The molecule has 4 rings (SSSR count). The monoisotopic (exact) mass is 562 g/mol. The van der Waals surface area contributed by atoms with Gasteiger partial charge in [-0.15, -0.1) is 0 Å². The Labute approximate surface area is 214 Å². The average Bonchev–Trinajstić information content (AvgIpc) is 2.84. The van der Waals surface area contributed by atoms with Gasteiger partial charge < -0.3 is 14.5 Å². The van der Waals surface area contributed by atoms with E-state index in [0.717, 1.165) is 16.5 Å². The molecule has 176 valence electrons. The number of nitro groups is 1. The molecule has 0 aliphatic carbocycles. The third-order valence-corrected chi connectivity index (χ3v) is 7.11. The topological polar surface area (TPSA) is 88.0 Å². The number of ether oxygens (including phenoxy) is 1. The number of methoxy groups -OCH3 is 1. The zero-order valence-corrected chi connectivity index (χ0v) is 21.2. The van der Waals surface area contributed by atoms with E-state index in [9.17, 15) is 14.9 Å². The summed E-state index contributed by atoms with van der Waals surface area (Å²) in [5.74, 6) is 0.0887. The fraction of sp³-hybridized carbons (Fsp3) is 0.217. The van der Waals surface area contributed by atoms with Gasteiger partial charge in [0.1, 0.15) is 5.75 Å². The standard InChI is InChI=1S/C23H20BrClN4O4S/c1-33-21-17(12-14-4-2-3-5-16(14)20(21)24)22(30)26-23(34)28-10-8-27(9-11-28)19-7-6-15(29(31)32)13-18(19)25/h2-7,12-13H,8-11H2,1H3,(H,26,30,34). The van der Waals surface area contributed by atoms with Crippen LogP contribution in [0.5, 0.6) is 5.75 Å². The van der Waals surface area contributed by atoms with E-state index in [1.54, 1.807) is 12.1 Å². The van der Waals surface area contributed by atoms with Crippen LogP contribution in [0.25, 0.3) is 10.8 Å². The van der Waals surface area contributed by atoms with Gasteiger partial charge in [0, 0.05) is 38.3 Å². The maximum atomic E-state index is 13.1. The number of benzene rings is 3. The smallest absolute Gasteiger partial charge is 0.271 e. The molecular formula is C23H20BrClN4O4S. The molecule has 0 unspecified atom stereocenters. The van der Waals surface area contributed by atoms with E-state index in [0.29, 0.717) is 52.1 Å². The molecule has 8 nitrogen and oxygen atoms in total. The highest BCUT2D eigenvalue weighted by Gasteiger charge is 2.24. The van der Waals surface area contributed by atoms with Crippen LogP contribution < -0.4 is 15.0 Å². The van der Waals surface area contributed by atoms with Crippen molar-refractivity contribution >= 4 is 72.9 Å². The molecule has 0 spiro atoms. The Bertz CT molecular complexity index is 1300. The zero-order chi connectivity index (χ0) is 24.4. The minimum Gasteiger partial charge on any atom is -0.495 e. The normalized spacial score (nSPS) is 13.6. The minimum atomic E-state index is -0.474. The molecule has 34 heavy (non-hydrogen) atoms. The summed E-state index contributed by atoms with van der Waals surface area (Å²) < 4.78 is 6.21. The van der Waals surface area contributed by atoms with Gasteiger partial charge in [-0.25, -0.2) is 0 Å². The van der Waals surface area contributed by atoms with Crippen LogP contribution in [-0.4, -0.2) is 54.1 Å². The summed E-state index contributed by atoms with van der Waals surface area (Å²) >= 11 is 15.3. The summed E-state index contributed by atoms with van der Waals surface area (Å²) in [6.07, 6.45) is 0. The number of thiocarbonyl (C=S) groups is 1. The van der Waals surface area contributed by atoms with Crippen LogP contribution in [0, 0.1) is 10.1 Å². The lowest BCUT2D eigenvalue weighted by atomic mass is 10.1. The van der Waals surface area contributed by atoms with E-state index in [1.807, 2.05) is 34.1 Å². The Hall–Kier alpha value is -2.95. The SMILES string of the molecule is COc1c(C(=O)NC(=S)N2CCN(c3ccc([N+](=O)[O-])cc3Cl)CC2)cc2ccccc2c1Br. The number of piperazine rings is 1. The van der Waals surface area contributed by atoms with E-state index in [-0.39, 0.29) is 11.6 Å². The lowest BCUT2D eigenvalue weighted by molar-refractivity contribution is -0.384. The first-order valence-corrected chi connectivity index (χ1v) is 11.9. The van der Waals surface area contributed by atoms with Gasteiger partial charge >= 0.3 is 0 Å². The molecule has 1 heterocycles. The molecule has 0 bridgehead atoms. The molecule has 0 radical (unpaired) electrons. The van der Waals surface area contributed by atoms with Gasteiger partial charge in [0.15, 0.2) is 5.11 Å². The van der Waals surface area contributed by atoms with Gasteiger partial charge in [-0.05, 0) is 51.1 Å². The molecule has 1 aliphatic heterocycles. The highest BCUT2D eigenvalue weighted by molar-refractivity contribution is 9.10. The highest BCUT2D eigenvalue weighted by Crippen LogP contribution is 2.36. The number of anilines is 1. The summed E-state index contributed by atoms with van der Waals surface area (Å²) in [7, 11) is 1.52. The Kier molecular flexibility index (Phi) is 7.20. The summed E-state index contributed by atoms with van der Waals surface area (Å²) in [6, 6.07) is 13.9. The first kappa shape index (κ1) is 24.2. The van der Waals surface area contributed by atoms with Crippen LogP contribution in [0.3, 0.4) is 0 Å². The second-order valence-corrected chi connectivity index (χ2v) is 9.21. The van der Waals surface area contributed by atoms with Gasteiger partial charge in [-0.1, -0.05) is 35.9 Å². The first-order valence-electron chi connectivity index (χ1n) is 10.3. The summed E-state index contributed by atoms with van der Waals surface area (Å²) in [5.41, 5.74) is 1.06. The number of nitrogens with zero attached hydrogens (tertiary/aromatic N) is 3. The second-order valence-electron chi connectivity index (χ2n) is 7.62. The number of carbonyl (C=O) groups excluding carboxylic acids is 1. The van der Waals surface area contributed by atoms with Gasteiger partial charge in [0.05, 0.1) is 32.8 Å². The van der Waals surface area contributed by atoms with Crippen LogP contribution in [-0.2, 0) is 0 Å². The minimum absolute atomic E-state index is 0.0490. The largest absolute Gasteiger partial charge is 0.495 e. The summed E-state index contributed by atoms with van der Waals surface area (Å²) in [6.45, 7) is 2.31. The third kappa shape index (κ3) is 4.79. The predicted octanol–water partition coefficient (Wildman–Crippen LogP) is 5.01. The van der Waals surface area contributed by atoms with Crippen molar-refractivity contribution in [2.75, 3.05) is 38.2 Å². The molecule has 11 heteroatoms. The van der Waals surface area contributed by atoms with E-state index in [2.05, 4.69) is 21.2 Å². The third-order valence-electron chi connectivity index (χ3n) is 5.66. The molecule has 1 saturated heterocycles. The van der Waals surface area contributed by atoms with Crippen LogP contribution in [0.2, 0.25) is 5.02 Å². The Balaban J connectivity index is 1.44. The number of carbonyl (C=O) groups is 1. The fourth-order valence-electron chi connectivity index (χ4n) is 3.91. The number of fused-ring (bicyclic) bond motifs is 1. The van der Waals surface area contributed by atoms with Crippen LogP contribution in [0.4, 0.5) is 11.4 Å². The molecule has 1 fully saturated rings. The Morgan fingerprint density at radius 2 is 1.88 bits per heavy atom. The Morgan fingerprint density at radius 1 is 1.18 bits per heavy atom. The first-order chi connectivity index (χ1) is 16.3. The van der Waals surface area contributed by atoms with Gasteiger partial charge in [-0.2, -0.15) is 0 Å². The lowest BCUT2D eigenvalue weighted by Crippen LogP contribution is -2.52. The van der Waals surface area contributed by atoms with Crippen molar-refractivity contribution in [2.24, 2.45) is 0 Å². The van der Waals surface area contributed by atoms with Crippen molar-refractivity contribution in [1.29, 1.82) is 0 Å². The van der Waals surface area contributed by atoms with Crippen LogP contribution >= 0.6 is 39.7 Å². The number of nitrogens with one attached hydrogen (secondary N) is 1. The van der Waals surface area contributed by atoms with Crippen molar-refractivity contribution in [3.63, 3.8) is 0 Å². The predicted molar refractivity (Wildman–Crippen MR) is 140 cm³/mol. The van der Waals surface area contributed by atoms with Crippen LogP contribution in [0.15, 0.2) is 53.0 Å². The molecule has 3 aromatic carbocycles. The van der Waals surface area contributed by atoms with Crippen molar-refractivity contribution in [1.82, 2.24) is 10.2 Å². The Morgan fingerprint density at radius 3 is 2.53 bits per heavy atom. The highest BCUT2D eigenvalue weighted by atomic mass is 79.9. The number of nitro benzene ring substituents is 1. The van der Waals surface area contributed by atoms with Gasteiger partial charge in [-0.3, -0.25) is 20.2 Å². The summed E-state index contributed by atoms with van der Waals surface area (Å²) in [4.78, 5) is 27.5. The molecule has 0 aromatic heterocycles. The van der Waals surface area contributed by atoms with E-state index in [4.69, 9.17) is 28.6 Å². The molecule has 0 atom stereocenters. The van der Waals surface area contributed by atoms with Crippen molar-refractivity contribution < 1.29 is 14.5 Å². The number of amides is 1. The summed E-state index contributed by atoms with van der Waals surface area (Å²) in [5, 5.41) is 16.3. The quantitative estimate of drug-likeness (QED) is 0.271. The maximum Gasteiger partial charge on any atom is 0.271 e. The van der Waals surface area contributed by atoms with Crippen molar-refractivity contribution in [3.8, 4) is 5.75 Å². The van der Waals surface area contributed by atoms with E-state index < -0.39 is 4.92 Å². The van der Waals surface area contributed by atoms with E-state index >= 15 is 0 Å². The molecule has 1 amide bonds. The zero-order valence-electron chi connectivity index (χ0n) is 18.1. The second kappa shape index (κ2) is 10.1. The molecular weight excluding hydrogens is 544 g/mol. The molecule has 0 saturated carbocycles. The van der Waals surface area contributed by atoms with Crippen LogP contribution in [0.1, 0.15) is 10.4 Å². The van der Waals surface area contributed by atoms with Gasteiger partial charge in [0.25, 0.3) is 11.6 Å². The maximum absolute atomic E-state index is 13.1. The van der Waals surface area contributed by atoms with Crippen molar-refractivity contribution in [2.45, 2.75) is 0 Å². The number of halogens is 2. The fourth-order valence-corrected chi connectivity index (χ4v) is 5.22. The number of rotatable bonds is 4. The number of non-ortho nitro benzene ring substituents is 1. The lowest BCUT2D eigenvalue weighted by Gasteiger charge is -2.37. The van der Waals surface area contributed by atoms with E-state index in [1.165, 1.54) is 19.2 Å². The number of hydrogen-bond acceptors (Lipinski definition) is 6. The molecule has 1 N–H and O–H groups in total. The average molecular weight is 564 g/mol. The number of hydrogen-bond donors (Lipinski definition) is 1. The molecule has 3 aromatic rings. The van der Waals surface area contributed by atoms with Gasteiger partial charge in [0.2, 0.25) is 0 Å². The molecule has 1 aliphatic rings.